The molecule has 0 saturated carbocycles. The van der Waals surface area contributed by atoms with Gasteiger partial charge in [-0.2, -0.15) is 0 Å². The molecule has 1 atom stereocenters. The molecule has 0 saturated heterocycles. The molecule has 0 bridgehead atoms. The highest BCUT2D eigenvalue weighted by molar-refractivity contribution is 7.89. The summed E-state index contributed by atoms with van der Waals surface area (Å²) in [6.45, 7) is 1.12. The quantitative estimate of drug-likeness (QED) is 0.564. The average Bonchev–Trinajstić information content (AvgIpc) is 2.37. The molecule has 0 aromatic heterocycles. The van der Waals surface area contributed by atoms with Crippen LogP contribution in [0.3, 0.4) is 0 Å². The molecule has 0 aliphatic carbocycles. The van der Waals surface area contributed by atoms with E-state index in [1.807, 2.05) is 0 Å². The Morgan fingerprint density at radius 3 is 2.33 bits per heavy atom. The summed E-state index contributed by atoms with van der Waals surface area (Å²) in [6, 6.07) is 7.36. The molecule has 9 heteroatoms. The third kappa shape index (κ3) is 5.04. The molecule has 5 N–H and O–H groups in total. The largest absolute Gasteiger partial charge is 0.479 e. The first kappa shape index (κ1) is 16.9. The highest BCUT2D eigenvalue weighted by Crippen LogP contribution is 2.20. The van der Waals surface area contributed by atoms with Gasteiger partial charge in [-0.3, -0.25) is 0 Å². The van der Waals surface area contributed by atoms with Gasteiger partial charge in [0, 0.05) is 6.54 Å². The standard InChI is InChI=1S/C12H17N3O5S/c1-12(10(16)17,9-5-3-2-4-6-9)15-11(18)14-7-8-21(13,19)20/h2-6H,7-8H2,1H3,(H,16,17)(H2,13,19,20)(H2,14,15,18). The van der Waals surface area contributed by atoms with Crippen molar-refractivity contribution in [3.63, 3.8) is 0 Å². The Morgan fingerprint density at radius 2 is 1.86 bits per heavy atom. The maximum absolute atomic E-state index is 11.7. The lowest BCUT2D eigenvalue weighted by molar-refractivity contribution is -0.144. The number of carboxylic acids is 1. The van der Waals surface area contributed by atoms with Crippen molar-refractivity contribution < 1.29 is 23.1 Å². The van der Waals surface area contributed by atoms with Crippen molar-refractivity contribution in [2.24, 2.45) is 5.14 Å². The first-order valence-electron chi connectivity index (χ1n) is 6.00. The number of primary sulfonamides is 1. The van der Waals surface area contributed by atoms with Gasteiger partial charge in [-0.15, -0.1) is 0 Å². The highest BCUT2D eigenvalue weighted by atomic mass is 32.2. The number of carbonyl (C=O) groups is 2. The van der Waals surface area contributed by atoms with E-state index in [0.717, 1.165) is 0 Å². The average molecular weight is 315 g/mol. The number of carboxylic acid groups (broad SMARTS) is 1. The van der Waals surface area contributed by atoms with Crippen LogP contribution in [0, 0.1) is 0 Å². The normalized spacial score (nSPS) is 14.0. The first-order valence-corrected chi connectivity index (χ1v) is 7.72. The van der Waals surface area contributed by atoms with Gasteiger partial charge < -0.3 is 15.7 Å². The topological polar surface area (TPSA) is 139 Å². The van der Waals surface area contributed by atoms with Gasteiger partial charge in [0.25, 0.3) is 0 Å². The fraction of sp³-hybridized carbons (Fsp3) is 0.333. The number of hydrogen-bond donors (Lipinski definition) is 4. The predicted octanol–water partition coefficient (Wildman–Crippen LogP) is -0.426. The van der Waals surface area contributed by atoms with Crippen LogP contribution in [0.15, 0.2) is 30.3 Å². The van der Waals surface area contributed by atoms with E-state index in [0.29, 0.717) is 5.56 Å². The van der Waals surface area contributed by atoms with E-state index < -0.39 is 33.3 Å². The monoisotopic (exact) mass is 315 g/mol. The zero-order valence-corrected chi connectivity index (χ0v) is 12.2. The second kappa shape index (κ2) is 6.55. The van der Waals surface area contributed by atoms with Crippen molar-refractivity contribution in [2.45, 2.75) is 12.5 Å². The minimum Gasteiger partial charge on any atom is -0.479 e. The Hall–Kier alpha value is -2.13. The molecule has 0 spiro atoms. The number of nitrogens with one attached hydrogen (secondary N) is 2. The van der Waals surface area contributed by atoms with Crippen LogP contribution in [0.1, 0.15) is 12.5 Å². The molecule has 2 amide bonds. The van der Waals surface area contributed by atoms with Crippen molar-refractivity contribution in [1.82, 2.24) is 10.6 Å². The molecule has 0 fully saturated rings. The molecule has 1 aromatic carbocycles. The van der Waals surface area contributed by atoms with Crippen LogP contribution in [-0.4, -0.2) is 37.8 Å². The molecule has 0 heterocycles. The molecular weight excluding hydrogens is 298 g/mol. The fourth-order valence-corrected chi connectivity index (χ4v) is 1.99. The molecule has 0 aliphatic heterocycles. The molecule has 1 unspecified atom stereocenters. The number of rotatable bonds is 6. The maximum atomic E-state index is 11.7. The molecule has 1 aromatic rings. The van der Waals surface area contributed by atoms with Gasteiger partial charge in [0.05, 0.1) is 5.75 Å². The summed E-state index contributed by atoms with van der Waals surface area (Å²) >= 11 is 0. The number of urea groups is 1. The summed E-state index contributed by atoms with van der Waals surface area (Å²) < 4.78 is 21.5. The maximum Gasteiger partial charge on any atom is 0.333 e. The first-order chi connectivity index (χ1) is 9.65. The lowest BCUT2D eigenvalue weighted by Crippen LogP contribution is -2.53. The van der Waals surface area contributed by atoms with E-state index in [9.17, 15) is 23.1 Å². The van der Waals surface area contributed by atoms with E-state index in [4.69, 9.17) is 5.14 Å². The zero-order valence-electron chi connectivity index (χ0n) is 11.4. The summed E-state index contributed by atoms with van der Waals surface area (Å²) in [7, 11) is -3.69. The summed E-state index contributed by atoms with van der Waals surface area (Å²) in [6.07, 6.45) is 0. The molecule has 116 valence electrons. The minimum atomic E-state index is -3.69. The summed E-state index contributed by atoms with van der Waals surface area (Å²) in [4.78, 5) is 23.1. The van der Waals surface area contributed by atoms with E-state index in [1.165, 1.54) is 6.92 Å². The second-order valence-electron chi connectivity index (χ2n) is 4.54. The minimum absolute atomic E-state index is 0.213. The SMILES string of the molecule is CC(NC(=O)NCCS(N)(=O)=O)(C(=O)O)c1ccccc1. The summed E-state index contributed by atoms with van der Waals surface area (Å²) in [5.74, 6) is -1.68. The van der Waals surface area contributed by atoms with Crippen LogP contribution in [0.5, 0.6) is 0 Å². The Balaban J connectivity index is 2.76. The lowest BCUT2D eigenvalue weighted by Gasteiger charge is -2.26. The van der Waals surface area contributed by atoms with Crippen molar-refractivity contribution in [3.05, 3.63) is 35.9 Å². The Labute approximate surface area is 122 Å². The number of aliphatic carboxylic acids is 1. The molecule has 21 heavy (non-hydrogen) atoms. The van der Waals surface area contributed by atoms with Crippen LogP contribution >= 0.6 is 0 Å². The van der Waals surface area contributed by atoms with Crippen molar-refractivity contribution in [2.75, 3.05) is 12.3 Å². The highest BCUT2D eigenvalue weighted by Gasteiger charge is 2.36. The Morgan fingerprint density at radius 1 is 1.29 bits per heavy atom. The molecule has 1 rings (SSSR count). The van der Waals surface area contributed by atoms with Crippen LogP contribution in [-0.2, 0) is 20.4 Å². The number of amides is 2. The van der Waals surface area contributed by atoms with E-state index in [2.05, 4.69) is 10.6 Å². The van der Waals surface area contributed by atoms with Gasteiger partial charge in [0.15, 0.2) is 5.54 Å². The Bertz CT molecular complexity index is 617. The van der Waals surface area contributed by atoms with Gasteiger partial charge in [-0.05, 0) is 12.5 Å². The molecular formula is C12H17N3O5S. The van der Waals surface area contributed by atoms with Crippen LogP contribution in [0.25, 0.3) is 0 Å². The predicted molar refractivity (Wildman–Crippen MR) is 75.9 cm³/mol. The van der Waals surface area contributed by atoms with Crippen LogP contribution in [0.4, 0.5) is 4.79 Å². The number of carbonyl (C=O) groups excluding carboxylic acids is 1. The van der Waals surface area contributed by atoms with Gasteiger partial charge in [-0.25, -0.2) is 23.1 Å². The van der Waals surface area contributed by atoms with Crippen molar-refractivity contribution in [1.29, 1.82) is 0 Å². The van der Waals surface area contributed by atoms with Gasteiger partial charge in [0.1, 0.15) is 0 Å². The van der Waals surface area contributed by atoms with Crippen molar-refractivity contribution in [3.8, 4) is 0 Å². The van der Waals surface area contributed by atoms with Crippen LogP contribution < -0.4 is 15.8 Å². The van der Waals surface area contributed by atoms with E-state index >= 15 is 0 Å². The lowest BCUT2D eigenvalue weighted by atomic mass is 9.92. The van der Waals surface area contributed by atoms with Gasteiger partial charge in [-0.1, -0.05) is 30.3 Å². The number of sulfonamides is 1. The molecule has 0 aliphatic rings. The third-order valence-corrected chi connectivity index (χ3v) is 3.59. The van der Waals surface area contributed by atoms with E-state index in [1.54, 1.807) is 30.3 Å². The Kier molecular flexibility index (Phi) is 5.28. The number of hydrogen-bond acceptors (Lipinski definition) is 4. The zero-order chi connectivity index (χ0) is 16.1. The molecule has 8 nitrogen and oxygen atoms in total. The van der Waals surface area contributed by atoms with Gasteiger partial charge >= 0.3 is 12.0 Å². The summed E-state index contributed by atoms with van der Waals surface area (Å²) in [5.41, 5.74) is -1.24. The number of benzene rings is 1. The van der Waals surface area contributed by atoms with Crippen molar-refractivity contribution >= 4 is 22.0 Å². The van der Waals surface area contributed by atoms with Gasteiger partial charge in [0.2, 0.25) is 10.0 Å². The number of nitrogens with two attached hydrogens (primary N) is 1. The molecule has 0 radical (unpaired) electrons. The third-order valence-electron chi connectivity index (χ3n) is 2.81. The fourth-order valence-electron chi connectivity index (χ4n) is 1.60. The second-order valence-corrected chi connectivity index (χ2v) is 6.28. The van der Waals surface area contributed by atoms with E-state index in [-0.39, 0.29) is 6.54 Å². The van der Waals surface area contributed by atoms with Crippen LogP contribution in [0.2, 0.25) is 0 Å². The smallest absolute Gasteiger partial charge is 0.333 e. The summed E-state index contributed by atoms with van der Waals surface area (Å²) in [5, 5.41) is 18.7.